The first-order valence-electron chi connectivity index (χ1n) is 14.7. The molecule has 6 aliphatic rings. The first-order chi connectivity index (χ1) is 19.3. The lowest BCUT2D eigenvalue weighted by Crippen LogP contribution is -2.70. The summed E-state index contributed by atoms with van der Waals surface area (Å²) in [4.78, 5) is 39.3. The van der Waals surface area contributed by atoms with Gasteiger partial charge in [-0.25, -0.2) is 18.4 Å². The summed E-state index contributed by atoms with van der Waals surface area (Å²) < 4.78 is 50.3. The molecule has 0 aromatic heterocycles. The highest BCUT2D eigenvalue weighted by Crippen LogP contribution is 2.71. The van der Waals surface area contributed by atoms with Crippen LogP contribution in [0.1, 0.15) is 72.1 Å². The number of rotatable bonds is 4. The Morgan fingerprint density at radius 1 is 1.20 bits per heavy atom. The number of ether oxygens (including phenoxy) is 3. The average molecular weight is 574 g/mol. The lowest BCUT2D eigenvalue weighted by Gasteiger charge is -2.62. The standard InChI is InChI=1S/C31H37F2NO7/c1-16-10-20-21-14-23(32)22-13-19(35)6-7-28(22,2)30(21,33)25(36)15-29(20,3)31(16,26(37)39-9-8-34)41-27(38)40-24-12-17-4-5-18(24)11-17/h6-7,16-18,20-21,24-25,36H,4-5,9-15H2,1-3H3/t16-,17-,18+,20+,21+,24+,25+,28+,29+,30+,31+/m1/s1. The minimum absolute atomic E-state index is 0.0443. The summed E-state index contributed by atoms with van der Waals surface area (Å²) in [7, 11) is 0. The Labute approximate surface area is 238 Å². The third-order valence-electron chi connectivity index (χ3n) is 11.9. The number of esters is 1. The van der Waals surface area contributed by atoms with Gasteiger partial charge in [0.05, 0.1) is 6.10 Å². The van der Waals surface area contributed by atoms with Gasteiger partial charge in [0, 0.05) is 35.5 Å². The molecule has 0 aliphatic heterocycles. The average Bonchev–Trinajstić information content (AvgIpc) is 3.59. The predicted octanol–water partition coefficient (Wildman–Crippen LogP) is 5.05. The number of hydrogen-bond acceptors (Lipinski definition) is 8. The van der Waals surface area contributed by atoms with Gasteiger partial charge in [-0.05, 0) is 74.9 Å². The summed E-state index contributed by atoms with van der Waals surface area (Å²) >= 11 is 0. The zero-order chi connectivity index (χ0) is 29.5. The molecular weight excluding hydrogens is 536 g/mol. The third-order valence-corrected chi connectivity index (χ3v) is 11.9. The Hall–Kier alpha value is -2.80. The molecule has 0 unspecified atom stereocenters. The maximum absolute atomic E-state index is 17.5. The normalized spacial score (nSPS) is 47.7. The largest absolute Gasteiger partial charge is 0.509 e. The van der Waals surface area contributed by atoms with Gasteiger partial charge in [-0.15, -0.1) is 0 Å². The molecule has 6 aliphatic carbocycles. The van der Waals surface area contributed by atoms with E-state index in [1.807, 2.05) is 0 Å². The number of fused-ring (bicyclic) bond motifs is 7. The molecule has 1 N–H and O–H groups in total. The van der Waals surface area contributed by atoms with Crippen molar-refractivity contribution in [3.63, 3.8) is 0 Å². The number of carbonyl (C=O) groups excluding carboxylic acids is 3. The van der Waals surface area contributed by atoms with Gasteiger partial charge in [0.2, 0.25) is 5.60 Å². The van der Waals surface area contributed by atoms with E-state index in [0.29, 0.717) is 5.92 Å². The number of aliphatic hydroxyl groups is 1. The lowest BCUT2D eigenvalue weighted by atomic mass is 9.45. The molecule has 0 saturated heterocycles. The number of allylic oxidation sites excluding steroid dienone is 4. The van der Waals surface area contributed by atoms with Gasteiger partial charge in [-0.2, -0.15) is 5.26 Å². The molecule has 8 nitrogen and oxygen atoms in total. The quantitative estimate of drug-likeness (QED) is 0.464. The minimum Gasteiger partial charge on any atom is -0.447 e. The van der Waals surface area contributed by atoms with E-state index < -0.39 is 70.5 Å². The van der Waals surface area contributed by atoms with Crippen LogP contribution in [0.5, 0.6) is 0 Å². The van der Waals surface area contributed by atoms with Gasteiger partial charge < -0.3 is 19.3 Å². The lowest BCUT2D eigenvalue weighted by molar-refractivity contribution is -0.229. The number of nitriles is 1. The number of ketones is 1. The van der Waals surface area contributed by atoms with Crippen LogP contribution in [0.2, 0.25) is 0 Å². The Bertz CT molecular complexity index is 1290. The monoisotopic (exact) mass is 573 g/mol. The van der Waals surface area contributed by atoms with Crippen molar-refractivity contribution < 1.29 is 42.5 Å². The molecule has 0 heterocycles. The Morgan fingerprint density at radius 2 is 1.95 bits per heavy atom. The van der Waals surface area contributed by atoms with Gasteiger partial charge in [0.25, 0.3) is 0 Å². The molecule has 0 aromatic rings. The van der Waals surface area contributed by atoms with E-state index in [0.717, 1.165) is 25.7 Å². The van der Waals surface area contributed by atoms with Crippen molar-refractivity contribution in [3.05, 3.63) is 23.6 Å². The first kappa shape index (κ1) is 28.3. The van der Waals surface area contributed by atoms with E-state index in [9.17, 15) is 19.5 Å². The van der Waals surface area contributed by atoms with Crippen LogP contribution in [0.25, 0.3) is 0 Å². The van der Waals surface area contributed by atoms with Crippen LogP contribution in [0.4, 0.5) is 13.6 Å². The topological polar surface area (TPSA) is 123 Å². The Kier molecular flexibility index (Phi) is 6.46. The molecule has 0 spiro atoms. The van der Waals surface area contributed by atoms with Crippen LogP contribution in [0.15, 0.2) is 23.6 Å². The second-order valence-corrected chi connectivity index (χ2v) is 13.7. The second kappa shape index (κ2) is 9.35. The van der Waals surface area contributed by atoms with Crippen LogP contribution in [-0.4, -0.2) is 53.1 Å². The van der Waals surface area contributed by atoms with Crippen LogP contribution in [0, 0.1) is 51.8 Å². The van der Waals surface area contributed by atoms with Gasteiger partial charge >= 0.3 is 12.1 Å². The first-order valence-corrected chi connectivity index (χ1v) is 14.7. The molecule has 0 amide bonds. The molecule has 4 saturated carbocycles. The SMILES string of the molecule is C[C@@H]1C[C@H]2[C@@H]3CC(F)=C4CC(=O)C=C[C@]4(C)[C@@]3(F)[C@@H](O)C[C@]2(C)[C@@]1(OC(=O)O[C@H]1C[C@@H]2CC[C@H]1C2)C(=O)OCC#N. The molecule has 11 atom stereocenters. The molecule has 6 rings (SSSR count). The zero-order valence-corrected chi connectivity index (χ0v) is 23.7. The van der Waals surface area contributed by atoms with E-state index in [-0.39, 0.29) is 49.1 Å². The number of carbonyl (C=O) groups is 3. The minimum atomic E-state index is -2.34. The second-order valence-electron chi connectivity index (χ2n) is 13.7. The summed E-state index contributed by atoms with van der Waals surface area (Å²) in [5.74, 6) is -3.64. The molecular formula is C31H37F2NO7. The molecule has 4 fully saturated rings. The number of hydrogen-bond donors (Lipinski definition) is 1. The highest BCUT2D eigenvalue weighted by Gasteiger charge is 2.78. The van der Waals surface area contributed by atoms with Crippen molar-refractivity contribution >= 4 is 17.9 Å². The number of halogens is 2. The molecule has 0 radical (unpaired) electrons. The molecule has 0 aromatic carbocycles. The van der Waals surface area contributed by atoms with Crippen LogP contribution in [0.3, 0.4) is 0 Å². The predicted molar refractivity (Wildman–Crippen MR) is 139 cm³/mol. The van der Waals surface area contributed by atoms with Gasteiger partial charge in [-0.3, -0.25) is 4.79 Å². The van der Waals surface area contributed by atoms with Crippen molar-refractivity contribution in [3.8, 4) is 6.07 Å². The summed E-state index contributed by atoms with van der Waals surface area (Å²) in [6, 6.07) is 1.76. The van der Waals surface area contributed by atoms with E-state index in [2.05, 4.69) is 0 Å². The number of nitrogens with zero attached hydrogens (tertiary/aromatic N) is 1. The maximum atomic E-state index is 17.5. The summed E-state index contributed by atoms with van der Waals surface area (Å²) in [6.07, 6.45) is 2.63. The Balaban J connectivity index is 1.39. The van der Waals surface area contributed by atoms with E-state index in [4.69, 9.17) is 19.5 Å². The van der Waals surface area contributed by atoms with Crippen molar-refractivity contribution in [2.24, 2.45) is 40.4 Å². The van der Waals surface area contributed by atoms with E-state index in [1.54, 1.807) is 19.9 Å². The van der Waals surface area contributed by atoms with Gasteiger partial charge in [0.15, 0.2) is 18.1 Å². The summed E-state index contributed by atoms with van der Waals surface area (Å²) in [5.41, 5.74) is -7.22. The molecule has 2 bridgehead atoms. The van der Waals surface area contributed by atoms with Crippen LogP contribution in [-0.2, 0) is 23.8 Å². The molecule has 41 heavy (non-hydrogen) atoms. The highest BCUT2D eigenvalue weighted by atomic mass is 19.1. The fourth-order valence-corrected chi connectivity index (χ4v) is 10.0. The van der Waals surface area contributed by atoms with Crippen molar-refractivity contribution in [2.45, 2.75) is 95.6 Å². The maximum Gasteiger partial charge on any atom is 0.509 e. The van der Waals surface area contributed by atoms with Crippen molar-refractivity contribution in [2.75, 3.05) is 6.61 Å². The molecule has 222 valence electrons. The van der Waals surface area contributed by atoms with Crippen molar-refractivity contribution in [1.82, 2.24) is 0 Å². The summed E-state index contributed by atoms with van der Waals surface area (Å²) in [5, 5.41) is 20.8. The third kappa shape index (κ3) is 3.66. The van der Waals surface area contributed by atoms with E-state index in [1.165, 1.54) is 19.1 Å². The number of alkyl halides is 1. The molecule has 10 heteroatoms. The Morgan fingerprint density at radius 3 is 2.61 bits per heavy atom. The van der Waals surface area contributed by atoms with Gasteiger partial charge in [-0.1, -0.05) is 19.9 Å². The summed E-state index contributed by atoms with van der Waals surface area (Å²) in [6.45, 7) is 4.27. The fraction of sp³-hybridized carbons (Fsp3) is 0.742. The van der Waals surface area contributed by atoms with Crippen LogP contribution >= 0.6 is 0 Å². The van der Waals surface area contributed by atoms with Crippen LogP contribution < -0.4 is 0 Å². The smallest absolute Gasteiger partial charge is 0.447 e. The highest BCUT2D eigenvalue weighted by molar-refractivity contribution is 5.93. The zero-order valence-electron chi connectivity index (χ0n) is 23.7. The van der Waals surface area contributed by atoms with Gasteiger partial charge in [0.1, 0.15) is 18.0 Å². The van der Waals surface area contributed by atoms with E-state index >= 15 is 8.78 Å². The number of aliphatic hydroxyl groups excluding tert-OH is 1. The van der Waals surface area contributed by atoms with Crippen molar-refractivity contribution in [1.29, 1.82) is 5.26 Å². The fourth-order valence-electron chi connectivity index (χ4n) is 10.0.